The van der Waals surface area contributed by atoms with Gasteiger partial charge in [0.2, 0.25) is 0 Å². The van der Waals surface area contributed by atoms with E-state index in [0.717, 1.165) is 19.4 Å². The molecular weight excluding hydrogens is 234 g/mol. The first-order valence-corrected chi connectivity index (χ1v) is 7.03. The molecule has 2 aromatic rings. The van der Waals surface area contributed by atoms with E-state index in [1.54, 1.807) is 0 Å². The standard InChI is InChI=1S/C16H23N3/c1-13(2)8-15-4-5-18-16(10-15)9-14(3)11-19-7-6-17-12-19/h4-7,10,12-14H,8-9,11H2,1-3H3. The van der Waals surface area contributed by atoms with Gasteiger partial charge in [0.05, 0.1) is 6.33 Å². The van der Waals surface area contributed by atoms with Crippen molar-refractivity contribution >= 4 is 0 Å². The first kappa shape index (κ1) is 13.8. The van der Waals surface area contributed by atoms with Gasteiger partial charge in [0, 0.05) is 30.8 Å². The second kappa shape index (κ2) is 6.50. The summed E-state index contributed by atoms with van der Waals surface area (Å²) in [5, 5.41) is 0. The van der Waals surface area contributed by atoms with E-state index in [0.29, 0.717) is 11.8 Å². The van der Waals surface area contributed by atoms with Crippen LogP contribution in [0.15, 0.2) is 37.1 Å². The van der Waals surface area contributed by atoms with Gasteiger partial charge in [-0.1, -0.05) is 20.8 Å². The average Bonchev–Trinajstić information content (AvgIpc) is 2.81. The quantitative estimate of drug-likeness (QED) is 0.794. The molecule has 3 nitrogen and oxygen atoms in total. The van der Waals surface area contributed by atoms with Crippen molar-refractivity contribution in [1.82, 2.24) is 14.5 Å². The summed E-state index contributed by atoms with van der Waals surface area (Å²) < 4.78 is 2.13. The van der Waals surface area contributed by atoms with Gasteiger partial charge < -0.3 is 4.57 Å². The third-order valence-corrected chi connectivity index (χ3v) is 3.16. The first-order chi connectivity index (χ1) is 9.13. The molecule has 0 aliphatic heterocycles. The van der Waals surface area contributed by atoms with Crippen LogP contribution in [-0.4, -0.2) is 14.5 Å². The zero-order valence-electron chi connectivity index (χ0n) is 12.1. The number of nitrogens with zero attached hydrogens (tertiary/aromatic N) is 3. The molecule has 0 fully saturated rings. The minimum Gasteiger partial charge on any atom is -0.337 e. The summed E-state index contributed by atoms with van der Waals surface area (Å²) in [7, 11) is 0. The Hall–Kier alpha value is -1.64. The third-order valence-electron chi connectivity index (χ3n) is 3.16. The van der Waals surface area contributed by atoms with Gasteiger partial charge >= 0.3 is 0 Å². The van der Waals surface area contributed by atoms with E-state index in [1.807, 2.05) is 24.9 Å². The van der Waals surface area contributed by atoms with Crippen molar-refractivity contribution in [2.24, 2.45) is 11.8 Å². The molecule has 0 bridgehead atoms. The summed E-state index contributed by atoms with van der Waals surface area (Å²) in [6.07, 6.45) is 9.80. The molecule has 2 rings (SSSR count). The molecule has 19 heavy (non-hydrogen) atoms. The van der Waals surface area contributed by atoms with Crippen molar-refractivity contribution in [3.05, 3.63) is 48.3 Å². The fraction of sp³-hybridized carbons (Fsp3) is 0.500. The molecule has 1 atom stereocenters. The number of rotatable bonds is 6. The molecule has 0 saturated carbocycles. The van der Waals surface area contributed by atoms with Crippen LogP contribution in [0.5, 0.6) is 0 Å². The third kappa shape index (κ3) is 4.51. The minimum absolute atomic E-state index is 0.566. The van der Waals surface area contributed by atoms with Crippen molar-refractivity contribution in [2.45, 2.75) is 40.2 Å². The van der Waals surface area contributed by atoms with Crippen LogP contribution in [0.2, 0.25) is 0 Å². The smallest absolute Gasteiger partial charge is 0.0945 e. The number of imidazole rings is 1. The number of hydrogen-bond donors (Lipinski definition) is 0. The maximum Gasteiger partial charge on any atom is 0.0945 e. The minimum atomic E-state index is 0.566. The van der Waals surface area contributed by atoms with E-state index in [2.05, 4.69) is 47.4 Å². The molecule has 2 heterocycles. The fourth-order valence-electron chi connectivity index (χ4n) is 2.41. The SMILES string of the molecule is CC(C)Cc1ccnc(CC(C)Cn2ccnc2)c1. The van der Waals surface area contributed by atoms with E-state index in [-0.39, 0.29) is 0 Å². The van der Waals surface area contributed by atoms with E-state index in [1.165, 1.54) is 11.3 Å². The van der Waals surface area contributed by atoms with Crippen LogP contribution >= 0.6 is 0 Å². The summed E-state index contributed by atoms with van der Waals surface area (Å²) in [4.78, 5) is 8.57. The average molecular weight is 257 g/mol. The van der Waals surface area contributed by atoms with Crippen LogP contribution in [0.25, 0.3) is 0 Å². The van der Waals surface area contributed by atoms with Crippen LogP contribution < -0.4 is 0 Å². The van der Waals surface area contributed by atoms with Crippen molar-refractivity contribution in [2.75, 3.05) is 0 Å². The molecular formula is C16H23N3. The molecule has 0 spiro atoms. The van der Waals surface area contributed by atoms with Gasteiger partial charge in [0.1, 0.15) is 0 Å². The molecule has 0 aromatic carbocycles. The lowest BCUT2D eigenvalue weighted by Gasteiger charge is -2.12. The van der Waals surface area contributed by atoms with Gasteiger partial charge in [0.25, 0.3) is 0 Å². The molecule has 102 valence electrons. The Balaban J connectivity index is 1.94. The van der Waals surface area contributed by atoms with Crippen molar-refractivity contribution < 1.29 is 0 Å². The van der Waals surface area contributed by atoms with Gasteiger partial charge in [-0.05, 0) is 42.4 Å². The lowest BCUT2D eigenvalue weighted by Crippen LogP contribution is -2.10. The molecule has 0 saturated heterocycles. The molecule has 0 N–H and O–H groups in total. The summed E-state index contributed by atoms with van der Waals surface area (Å²) in [6.45, 7) is 7.76. The molecule has 0 aliphatic rings. The predicted molar refractivity (Wildman–Crippen MR) is 77.9 cm³/mol. The van der Waals surface area contributed by atoms with Crippen molar-refractivity contribution in [3.63, 3.8) is 0 Å². The second-order valence-electron chi connectivity index (χ2n) is 5.82. The highest BCUT2D eigenvalue weighted by molar-refractivity contribution is 5.17. The normalized spacial score (nSPS) is 12.8. The maximum absolute atomic E-state index is 4.49. The highest BCUT2D eigenvalue weighted by Gasteiger charge is 2.07. The summed E-state index contributed by atoms with van der Waals surface area (Å²) >= 11 is 0. The van der Waals surface area contributed by atoms with Gasteiger partial charge in [0.15, 0.2) is 0 Å². The Kier molecular flexibility index (Phi) is 4.72. The van der Waals surface area contributed by atoms with Crippen LogP contribution in [-0.2, 0) is 19.4 Å². The predicted octanol–water partition coefficient (Wildman–Crippen LogP) is 3.36. The molecule has 0 radical (unpaired) electrons. The van der Waals surface area contributed by atoms with Gasteiger partial charge in [-0.2, -0.15) is 0 Å². The van der Waals surface area contributed by atoms with Crippen molar-refractivity contribution in [3.8, 4) is 0 Å². The van der Waals surface area contributed by atoms with Crippen LogP contribution in [0.1, 0.15) is 32.0 Å². The van der Waals surface area contributed by atoms with Gasteiger partial charge in [-0.3, -0.25) is 4.98 Å². The molecule has 0 amide bonds. The maximum atomic E-state index is 4.49. The van der Waals surface area contributed by atoms with E-state index >= 15 is 0 Å². The summed E-state index contributed by atoms with van der Waals surface area (Å²) in [6, 6.07) is 4.38. The number of aromatic nitrogens is 3. The Morgan fingerprint density at radius 2 is 2.00 bits per heavy atom. The Bertz CT molecular complexity index is 488. The van der Waals surface area contributed by atoms with Gasteiger partial charge in [-0.15, -0.1) is 0 Å². The lowest BCUT2D eigenvalue weighted by molar-refractivity contribution is 0.474. The Labute approximate surface area is 115 Å². The van der Waals surface area contributed by atoms with Crippen LogP contribution in [0, 0.1) is 11.8 Å². The Morgan fingerprint density at radius 3 is 2.68 bits per heavy atom. The molecule has 1 unspecified atom stereocenters. The summed E-state index contributed by atoms with van der Waals surface area (Å²) in [5.74, 6) is 1.26. The summed E-state index contributed by atoms with van der Waals surface area (Å²) in [5.41, 5.74) is 2.60. The van der Waals surface area contributed by atoms with Gasteiger partial charge in [-0.25, -0.2) is 4.98 Å². The van der Waals surface area contributed by atoms with E-state index < -0.39 is 0 Å². The van der Waals surface area contributed by atoms with E-state index in [9.17, 15) is 0 Å². The highest BCUT2D eigenvalue weighted by Crippen LogP contribution is 2.13. The zero-order chi connectivity index (χ0) is 13.7. The number of hydrogen-bond acceptors (Lipinski definition) is 2. The Morgan fingerprint density at radius 1 is 1.16 bits per heavy atom. The number of pyridine rings is 1. The van der Waals surface area contributed by atoms with Crippen molar-refractivity contribution in [1.29, 1.82) is 0 Å². The second-order valence-corrected chi connectivity index (χ2v) is 5.82. The molecule has 3 heteroatoms. The topological polar surface area (TPSA) is 30.7 Å². The largest absolute Gasteiger partial charge is 0.337 e. The first-order valence-electron chi connectivity index (χ1n) is 7.03. The highest BCUT2D eigenvalue weighted by atomic mass is 15.0. The molecule has 0 aliphatic carbocycles. The molecule has 2 aromatic heterocycles. The van der Waals surface area contributed by atoms with E-state index in [4.69, 9.17) is 0 Å². The lowest BCUT2D eigenvalue weighted by atomic mass is 10.00. The fourth-order valence-corrected chi connectivity index (χ4v) is 2.41. The van der Waals surface area contributed by atoms with Crippen LogP contribution in [0.3, 0.4) is 0 Å². The monoisotopic (exact) mass is 257 g/mol. The zero-order valence-corrected chi connectivity index (χ0v) is 12.1. The van der Waals surface area contributed by atoms with Crippen LogP contribution in [0.4, 0.5) is 0 Å².